The predicted molar refractivity (Wildman–Crippen MR) is 89.7 cm³/mol. The van der Waals surface area contributed by atoms with Crippen LogP contribution in [0.15, 0.2) is 65.6 Å². The Morgan fingerprint density at radius 2 is 1.70 bits per heavy atom. The van der Waals surface area contributed by atoms with Crippen molar-refractivity contribution in [3.8, 4) is 0 Å². The molecule has 1 aromatic heterocycles. The van der Waals surface area contributed by atoms with Crippen molar-refractivity contribution in [3.05, 3.63) is 66.4 Å². The van der Waals surface area contributed by atoms with Crippen LogP contribution in [-0.2, 0) is 16.4 Å². The van der Waals surface area contributed by atoms with E-state index < -0.39 is 16.1 Å². The minimum absolute atomic E-state index is 0.201. The van der Waals surface area contributed by atoms with E-state index in [0.717, 1.165) is 5.39 Å². The normalized spacial score (nSPS) is 13.3. The summed E-state index contributed by atoms with van der Waals surface area (Å²) in [5.41, 5.74) is 6.99. The summed E-state index contributed by atoms with van der Waals surface area (Å²) in [7, 11) is -3.73. The SMILES string of the molecule is NC(CO)Cc1cc2ccccc2n1S(=O)(=O)c1ccccc1. The largest absolute Gasteiger partial charge is 0.395 e. The van der Waals surface area contributed by atoms with E-state index in [1.807, 2.05) is 18.2 Å². The minimum atomic E-state index is -3.73. The fourth-order valence-corrected chi connectivity index (χ4v) is 4.22. The molecule has 0 fully saturated rings. The van der Waals surface area contributed by atoms with E-state index in [1.165, 1.54) is 3.97 Å². The molecule has 0 saturated heterocycles. The molecule has 1 atom stereocenters. The Labute approximate surface area is 135 Å². The number of para-hydroxylation sites is 1. The number of aliphatic hydroxyl groups is 1. The summed E-state index contributed by atoms with van der Waals surface area (Å²) < 4.78 is 27.4. The zero-order chi connectivity index (χ0) is 16.4. The number of nitrogens with two attached hydrogens (primary N) is 1. The van der Waals surface area contributed by atoms with Gasteiger partial charge in [-0.1, -0.05) is 36.4 Å². The van der Waals surface area contributed by atoms with Crippen molar-refractivity contribution in [2.75, 3.05) is 6.61 Å². The maximum atomic E-state index is 13.1. The van der Waals surface area contributed by atoms with Gasteiger partial charge in [-0.25, -0.2) is 12.4 Å². The summed E-state index contributed by atoms with van der Waals surface area (Å²) in [5, 5.41) is 10.0. The summed E-state index contributed by atoms with van der Waals surface area (Å²) >= 11 is 0. The molecule has 3 N–H and O–H groups in total. The first-order chi connectivity index (χ1) is 11.0. The summed E-state index contributed by atoms with van der Waals surface area (Å²) in [6.07, 6.45) is 0.275. The fraction of sp³-hybridized carbons (Fsp3) is 0.176. The van der Waals surface area contributed by atoms with Crippen LogP contribution < -0.4 is 5.73 Å². The highest BCUT2D eigenvalue weighted by Gasteiger charge is 2.23. The monoisotopic (exact) mass is 330 g/mol. The number of benzene rings is 2. The molecule has 1 unspecified atom stereocenters. The molecular formula is C17H18N2O3S. The Bertz CT molecular complexity index is 917. The molecule has 120 valence electrons. The second-order valence-corrected chi connectivity index (χ2v) is 7.21. The van der Waals surface area contributed by atoms with Crippen molar-refractivity contribution in [1.29, 1.82) is 0 Å². The van der Waals surface area contributed by atoms with E-state index in [-0.39, 0.29) is 17.9 Å². The first kappa shape index (κ1) is 15.7. The quantitative estimate of drug-likeness (QED) is 0.746. The highest BCUT2D eigenvalue weighted by atomic mass is 32.2. The zero-order valence-corrected chi connectivity index (χ0v) is 13.3. The summed E-state index contributed by atoms with van der Waals surface area (Å²) in [4.78, 5) is 0.222. The number of hydrogen-bond acceptors (Lipinski definition) is 4. The first-order valence-electron chi connectivity index (χ1n) is 7.30. The smallest absolute Gasteiger partial charge is 0.268 e. The lowest BCUT2D eigenvalue weighted by atomic mass is 10.2. The van der Waals surface area contributed by atoms with Gasteiger partial charge in [0.25, 0.3) is 10.0 Å². The van der Waals surface area contributed by atoms with Gasteiger partial charge in [-0.05, 0) is 24.3 Å². The van der Waals surface area contributed by atoms with Gasteiger partial charge >= 0.3 is 0 Å². The highest BCUT2D eigenvalue weighted by molar-refractivity contribution is 7.90. The average Bonchev–Trinajstić information content (AvgIpc) is 2.94. The molecule has 0 aliphatic heterocycles. The highest BCUT2D eigenvalue weighted by Crippen LogP contribution is 2.26. The summed E-state index contributed by atoms with van der Waals surface area (Å²) in [6, 6.07) is 16.9. The van der Waals surface area contributed by atoms with Gasteiger partial charge in [0.05, 0.1) is 17.0 Å². The number of fused-ring (bicyclic) bond motifs is 1. The predicted octanol–water partition coefficient (Wildman–Crippen LogP) is 1.74. The van der Waals surface area contributed by atoms with E-state index in [1.54, 1.807) is 42.5 Å². The molecule has 0 spiro atoms. The van der Waals surface area contributed by atoms with Gasteiger partial charge in [0.1, 0.15) is 0 Å². The number of nitrogens with zero attached hydrogens (tertiary/aromatic N) is 1. The van der Waals surface area contributed by atoms with Crippen LogP contribution in [0.2, 0.25) is 0 Å². The van der Waals surface area contributed by atoms with Gasteiger partial charge in [-0.3, -0.25) is 0 Å². The van der Waals surface area contributed by atoms with Crippen LogP contribution in [0.25, 0.3) is 10.9 Å². The van der Waals surface area contributed by atoms with E-state index >= 15 is 0 Å². The number of aromatic nitrogens is 1. The van der Waals surface area contributed by atoms with Crippen molar-refractivity contribution in [2.24, 2.45) is 5.73 Å². The molecular weight excluding hydrogens is 312 g/mol. The molecule has 0 bridgehead atoms. The van der Waals surface area contributed by atoms with Gasteiger partial charge in [0.2, 0.25) is 0 Å². The second kappa shape index (κ2) is 6.16. The average molecular weight is 330 g/mol. The van der Waals surface area contributed by atoms with Crippen molar-refractivity contribution >= 4 is 20.9 Å². The molecule has 6 heteroatoms. The maximum Gasteiger partial charge on any atom is 0.268 e. The van der Waals surface area contributed by atoms with Crippen LogP contribution >= 0.6 is 0 Å². The molecule has 0 radical (unpaired) electrons. The minimum Gasteiger partial charge on any atom is -0.395 e. The Morgan fingerprint density at radius 1 is 1.04 bits per heavy atom. The van der Waals surface area contributed by atoms with Crippen molar-refractivity contribution in [1.82, 2.24) is 3.97 Å². The van der Waals surface area contributed by atoms with Gasteiger partial charge in [0, 0.05) is 23.5 Å². The molecule has 0 saturated carbocycles. The van der Waals surface area contributed by atoms with Crippen molar-refractivity contribution in [2.45, 2.75) is 17.4 Å². The molecule has 1 heterocycles. The van der Waals surface area contributed by atoms with Crippen LogP contribution in [0.1, 0.15) is 5.69 Å². The lowest BCUT2D eigenvalue weighted by Crippen LogP contribution is -2.29. The van der Waals surface area contributed by atoms with Crippen molar-refractivity contribution < 1.29 is 13.5 Å². The maximum absolute atomic E-state index is 13.1. The van der Waals surface area contributed by atoms with Gasteiger partial charge in [-0.15, -0.1) is 0 Å². The first-order valence-corrected chi connectivity index (χ1v) is 8.74. The Kier molecular flexibility index (Phi) is 4.21. The third-order valence-electron chi connectivity index (χ3n) is 3.73. The molecule has 0 amide bonds. The molecule has 0 aliphatic carbocycles. The Morgan fingerprint density at radius 3 is 2.39 bits per heavy atom. The van der Waals surface area contributed by atoms with Crippen molar-refractivity contribution in [3.63, 3.8) is 0 Å². The van der Waals surface area contributed by atoms with Crippen LogP contribution in [0, 0.1) is 0 Å². The molecule has 3 aromatic rings. The number of aliphatic hydroxyl groups excluding tert-OH is 1. The third kappa shape index (κ3) is 2.88. The molecule has 0 aliphatic rings. The molecule has 2 aromatic carbocycles. The van der Waals surface area contributed by atoms with Gasteiger partial charge in [-0.2, -0.15) is 0 Å². The Hall–Kier alpha value is -2.15. The fourth-order valence-electron chi connectivity index (χ4n) is 2.64. The molecule has 23 heavy (non-hydrogen) atoms. The topological polar surface area (TPSA) is 85.3 Å². The third-order valence-corrected chi connectivity index (χ3v) is 5.51. The van der Waals surface area contributed by atoms with Crippen LogP contribution in [0.5, 0.6) is 0 Å². The lowest BCUT2D eigenvalue weighted by Gasteiger charge is -2.14. The molecule has 5 nitrogen and oxygen atoms in total. The van der Waals surface area contributed by atoms with E-state index in [0.29, 0.717) is 11.2 Å². The zero-order valence-electron chi connectivity index (χ0n) is 12.5. The standard InChI is InChI=1S/C17H18N2O3S/c18-14(12-20)11-15-10-13-6-4-5-9-17(13)19(15)23(21,22)16-7-2-1-3-8-16/h1-10,14,20H,11-12,18H2. The number of rotatable bonds is 5. The number of hydrogen-bond donors (Lipinski definition) is 2. The van der Waals surface area contributed by atoms with Gasteiger partial charge < -0.3 is 10.8 Å². The second-order valence-electron chi connectivity index (χ2n) is 5.42. The summed E-state index contributed by atoms with van der Waals surface area (Å²) in [5.74, 6) is 0. The van der Waals surface area contributed by atoms with E-state index in [2.05, 4.69) is 0 Å². The summed E-state index contributed by atoms with van der Waals surface area (Å²) in [6.45, 7) is -0.201. The van der Waals surface area contributed by atoms with E-state index in [4.69, 9.17) is 5.73 Å². The lowest BCUT2D eigenvalue weighted by molar-refractivity contribution is 0.264. The molecule has 3 rings (SSSR count). The Balaban J connectivity index is 2.24. The van der Waals surface area contributed by atoms with Gasteiger partial charge in [0.15, 0.2) is 0 Å². The van der Waals surface area contributed by atoms with Crippen LogP contribution in [0.4, 0.5) is 0 Å². The van der Waals surface area contributed by atoms with Crippen LogP contribution in [0.3, 0.4) is 0 Å². The van der Waals surface area contributed by atoms with E-state index in [9.17, 15) is 13.5 Å². The van der Waals surface area contributed by atoms with Crippen LogP contribution in [-0.4, -0.2) is 30.1 Å².